The third-order valence-corrected chi connectivity index (χ3v) is 2.38. The second-order valence-corrected chi connectivity index (χ2v) is 3.62. The van der Waals surface area contributed by atoms with Crippen LogP contribution in [0.5, 0.6) is 5.06 Å². The molecular weight excluding hydrogens is 168 g/mol. The molecule has 0 N–H and O–H groups in total. The van der Waals surface area contributed by atoms with Crippen LogP contribution in [0.15, 0.2) is 17.5 Å². The van der Waals surface area contributed by atoms with Gasteiger partial charge in [-0.15, -0.1) is 11.3 Å². The second kappa shape index (κ2) is 6.06. The maximum absolute atomic E-state index is 5.39. The fraction of sp³-hybridized carbons (Fsp3) is 0.500. The summed E-state index contributed by atoms with van der Waals surface area (Å²) in [6, 6.07) is 3.99. The van der Waals surface area contributed by atoms with Crippen LogP contribution < -0.4 is 4.74 Å². The Morgan fingerprint density at radius 2 is 2.42 bits per heavy atom. The highest BCUT2D eigenvalue weighted by Gasteiger charge is 1.93. The smallest absolute Gasteiger partial charge is 0.174 e. The molecule has 12 heavy (non-hydrogen) atoms. The van der Waals surface area contributed by atoms with E-state index in [-0.39, 0.29) is 0 Å². The lowest BCUT2D eigenvalue weighted by molar-refractivity contribution is 0.394. The molecule has 2 heteroatoms. The molecule has 0 bridgehead atoms. The van der Waals surface area contributed by atoms with Crippen molar-refractivity contribution in [2.24, 2.45) is 0 Å². The Bertz CT molecular complexity index is 182. The van der Waals surface area contributed by atoms with Crippen LogP contribution in [0.4, 0.5) is 0 Å². The van der Waals surface area contributed by atoms with Gasteiger partial charge in [0.1, 0.15) is 6.61 Å². The average Bonchev–Trinajstić information content (AvgIpc) is 2.57. The predicted molar refractivity (Wildman–Crippen MR) is 53.4 cm³/mol. The molecule has 0 spiro atoms. The normalized spacial score (nSPS) is 10.1. The minimum Gasteiger partial charge on any atom is -0.477 e. The number of hydrogen-bond acceptors (Lipinski definition) is 2. The number of ether oxygens (including phenoxy) is 1. The van der Waals surface area contributed by atoms with Gasteiger partial charge in [-0.1, -0.05) is 19.8 Å². The molecule has 0 amide bonds. The van der Waals surface area contributed by atoms with Gasteiger partial charge in [-0.25, -0.2) is 0 Å². The highest BCUT2D eigenvalue weighted by molar-refractivity contribution is 7.11. The lowest BCUT2D eigenvalue weighted by atomic mass is 10.2. The van der Waals surface area contributed by atoms with Gasteiger partial charge in [-0.05, 0) is 30.4 Å². The Morgan fingerprint density at radius 3 is 3.08 bits per heavy atom. The van der Waals surface area contributed by atoms with E-state index >= 15 is 0 Å². The summed E-state index contributed by atoms with van der Waals surface area (Å²) in [6.07, 6.45) is 4.87. The van der Waals surface area contributed by atoms with Gasteiger partial charge in [0.05, 0.1) is 0 Å². The van der Waals surface area contributed by atoms with Crippen LogP contribution in [0, 0.1) is 6.61 Å². The van der Waals surface area contributed by atoms with E-state index in [0.29, 0.717) is 0 Å². The molecule has 1 nitrogen and oxygen atoms in total. The van der Waals surface area contributed by atoms with E-state index in [1.165, 1.54) is 19.3 Å². The highest BCUT2D eigenvalue weighted by Crippen LogP contribution is 2.19. The Balaban J connectivity index is 1.96. The van der Waals surface area contributed by atoms with Gasteiger partial charge in [0.15, 0.2) is 5.06 Å². The van der Waals surface area contributed by atoms with Crippen LogP contribution in [0.3, 0.4) is 0 Å². The van der Waals surface area contributed by atoms with Crippen LogP contribution in [0.2, 0.25) is 0 Å². The van der Waals surface area contributed by atoms with Gasteiger partial charge in [0.25, 0.3) is 0 Å². The topological polar surface area (TPSA) is 9.23 Å². The third kappa shape index (κ3) is 3.77. The van der Waals surface area contributed by atoms with Crippen molar-refractivity contribution >= 4 is 11.3 Å². The molecule has 0 aromatic carbocycles. The molecule has 0 saturated heterocycles. The van der Waals surface area contributed by atoms with Gasteiger partial charge in [0.2, 0.25) is 0 Å². The Morgan fingerprint density at radius 1 is 1.50 bits per heavy atom. The predicted octanol–water partition coefficient (Wildman–Crippen LogP) is 3.87. The zero-order valence-corrected chi connectivity index (χ0v) is 8.27. The summed E-state index contributed by atoms with van der Waals surface area (Å²) in [4.78, 5) is 0. The largest absolute Gasteiger partial charge is 0.477 e. The van der Waals surface area contributed by atoms with Crippen molar-refractivity contribution in [2.75, 3.05) is 0 Å². The summed E-state index contributed by atoms with van der Waals surface area (Å²) in [7, 11) is 0. The molecule has 0 atom stereocenters. The van der Waals surface area contributed by atoms with Gasteiger partial charge in [0, 0.05) is 0 Å². The van der Waals surface area contributed by atoms with Crippen molar-refractivity contribution < 1.29 is 4.74 Å². The first-order chi connectivity index (χ1) is 5.93. The summed E-state index contributed by atoms with van der Waals surface area (Å²) >= 11 is 1.63. The minimum absolute atomic E-state index is 0.992. The third-order valence-electron chi connectivity index (χ3n) is 1.62. The molecule has 67 valence electrons. The average molecular weight is 183 g/mol. The van der Waals surface area contributed by atoms with E-state index in [9.17, 15) is 0 Å². The van der Waals surface area contributed by atoms with Crippen molar-refractivity contribution in [2.45, 2.75) is 32.6 Å². The van der Waals surface area contributed by atoms with E-state index in [1.807, 2.05) is 24.1 Å². The molecule has 0 saturated carbocycles. The first-order valence-corrected chi connectivity index (χ1v) is 5.33. The maximum Gasteiger partial charge on any atom is 0.174 e. The van der Waals surface area contributed by atoms with Gasteiger partial charge >= 0.3 is 0 Å². The first kappa shape index (κ1) is 9.59. The fourth-order valence-corrected chi connectivity index (χ4v) is 1.52. The Hall–Kier alpha value is -0.500. The molecule has 0 unspecified atom stereocenters. The Labute approximate surface area is 78.4 Å². The van der Waals surface area contributed by atoms with Crippen molar-refractivity contribution in [3.8, 4) is 5.06 Å². The lowest BCUT2D eigenvalue weighted by Crippen LogP contribution is -1.87. The molecule has 1 aromatic rings. The zero-order chi connectivity index (χ0) is 8.65. The van der Waals surface area contributed by atoms with E-state index in [2.05, 4.69) is 6.92 Å². The van der Waals surface area contributed by atoms with Crippen LogP contribution in [-0.4, -0.2) is 0 Å². The zero-order valence-electron chi connectivity index (χ0n) is 7.45. The summed E-state index contributed by atoms with van der Waals surface area (Å²) in [5.41, 5.74) is 0. The maximum atomic E-state index is 5.39. The standard InChI is InChI=1S/C10H15OS/c1-2-3-4-5-8-11-10-7-6-9-12-10/h6-9H,2-5H2,1H3. The molecule has 1 aromatic heterocycles. The number of rotatable bonds is 6. The second-order valence-electron chi connectivity index (χ2n) is 2.71. The summed E-state index contributed by atoms with van der Waals surface area (Å²) in [6.45, 7) is 4.11. The molecular formula is C10H15OS. The monoisotopic (exact) mass is 183 g/mol. The molecule has 0 aliphatic rings. The van der Waals surface area contributed by atoms with Crippen LogP contribution in [0.25, 0.3) is 0 Å². The van der Waals surface area contributed by atoms with Crippen LogP contribution >= 0.6 is 11.3 Å². The molecule has 1 rings (SSSR count). The summed E-state index contributed by atoms with van der Waals surface area (Å²) in [5, 5.41) is 3.02. The van der Waals surface area contributed by atoms with Gasteiger partial charge in [-0.3, -0.25) is 0 Å². The van der Waals surface area contributed by atoms with E-state index in [1.54, 1.807) is 11.3 Å². The molecule has 1 heterocycles. The van der Waals surface area contributed by atoms with Crippen molar-refractivity contribution in [3.05, 3.63) is 24.1 Å². The van der Waals surface area contributed by atoms with Crippen LogP contribution in [-0.2, 0) is 0 Å². The van der Waals surface area contributed by atoms with Crippen molar-refractivity contribution in [3.63, 3.8) is 0 Å². The molecule has 0 aliphatic heterocycles. The highest BCUT2D eigenvalue weighted by atomic mass is 32.1. The molecule has 1 radical (unpaired) electrons. The Kier molecular flexibility index (Phi) is 4.85. The fourth-order valence-electron chi connectivity index (χ4n) is 0.949. The number of thiophene rings is 1. The van der Waals surface area contributed by atoms with E-state index in [4.69, 9.17) is 4.74 Å². The summed E-state index contributed by atoms with van der Waals surface area (Å²) < 4.78 is 5.39. The van der Waals surface area contributed by atoms with E-state index < -0.39 is 0 Å². The first-order valence-electron chi connectivity index (χ1n) is 4.45. The molecule has 0 aliphatic carbocycles. The SMILES string of the molecule is CCCCC[CH]Oc1cccs1. The van der Waals surface area contributed by atoms with E-state index in [0.717, 1.165) is 11.5 Å². The van der Waals surface area contributed by atoms with Gasteiger partial charge < -0.3 is 4.74 Å². The van der Waals surface area contributed by atoms with Crippen LogP contribution in [0.1, 0.15) is 32.6 Å². The number of hydrogen-bond donors (Lipinski definition) is 0. The van der Waals surface area contributed by atoms with Crippen molar-refractivity contribution in [1.82, 2.24) is 0 Å². The number of unbranched alkanes of at least 4 members (excludes halogenated alkanes) is 3. The quantitative estimate of drug-likeness (QED) is 0.608. The van der Waals surface area contributed by atoms with Crippen molar-refractivity contribution in [1.29, 1.82) is 0 Å². The minimum atomic E-state index is 0.992. The summed E-state index contributed by atoms with van der Waals surface area (Å²) in [5.74, 6) is 0. The van der Waals surface area contributed by atoms with Gasteiger partial charge in [-0.2, -0.15) is 0 Å². The molecule has 0 fully saturated rings. The lowest BCUT2D eigenvalue weighted by Gasteiger charge is -2.00.